The summed E-state index contributed by atoms with van der Waals surface area (Å²) in [6.07, 6.45) is 1.41. The fraction of sp³-hybridized carbons (Fsp3) is 0.500. The number of hydrogen-bond acceptors (Lipinski definition) is 2. The van der Waals surface area contributed by atoms with E-state index in [9.17, 15) is 5.11 Å². The molecule has 0 aromatic heterocycles. The van der Waals surface area contributed by atoms with Gasteiger partial charge >= 0.3 is 0 Å². The number of ether oxygens (including phenoxy) is 1. The molecule has 1 unspecified atom stereocenters. The second-order valence-corrected chi connectivity index (χ2v) is 3.34. The maximum absolute atomic E-state index is 9.56. The molecule has 0 aliphatic heterocycles. The highest BCUT2D eigenvalue weighted by molar-refractivity contribution is 5.28. The van der Waals surface area contributed by atoms with E-state index in [-0.39, 0.29) is 6.10 Å². The van der Waals surface area contributed by atoms with Crippen LogP contribution in [0.3, 0.4) is 0 Å². The second kappa shape index (κ2) is 5.66. The molecule has 1 aromatic rings. The van der Waals surface area contributed by atoms with Gasteiger partial charge in [0.2, 0.25) is 0 Å². The Morgan fingerprint density at radius 1 is 1.21 bits per heavy atom. The van der Waals surface area contributed by atoms with Crippen molar-refractivity contribution in [1.82, 2.24) is 0 Å². The van der Waals surface area contributed by atoms with Gasteiger partial charge in [-0.25, -0.2) is 0 Å². The zero-order chi connectivity index (χ0) is 10.4. The van der Waals surface area contributed by atoms with Crippen LogP contribution >= 0.6 is 0 Å². The quantitative estimate of drug-likeness (QED) is 0.781. The summed E-state index contributed by atoms with van der Waals surface area (Å²) in [6, 6.07) is 7.64. The SMILES string of the molecule is CCCOc1ccc(C(O)CC)cc1. The van der Waals surface area contributed by atoms with E-state index >= 15 is 0 Å². The van der Waals surface area contributed by atoms with E-state index in [1.165, 1.54) is 0 Å². The van der Waals surface area contributed by atoms with Gasteiger partial charge < -0.3 is 9.84 Å². The van der Waals surface area contributed by atoms with E-state index < -0.39 is 0 Å². The first-order chi connectivity index (χ1) is 6.77. The molecule has 14 heavy (non-hydrogen) atoms. The van der Waals surface area contributed by atoms with Crippen molar-refractivity contribution in [3.63, 3.8) is 0 Å². The molecule has 0 amide bonds. The lowest BCUT2D eigenvalue weighted by molar-refractivity contribution is 0.173. The molecule has 1 rings (SSSR count). The van der Waals surface area contributed by atoms with Crippen LogP contribution in [0.5, 0.6) is 5.75 Å². The lowest BCUT2D eigenvalue weighted by atomic mass is 10.1. The predicted molar refractivity (Wildman–Crippen MR) is 57.5 cm³/mol. The lowest BCUT2D eigenvalue weighted by Crippen LogP contribution is -1.97. The summed E-state index contributed by atoms with van der Waals surface area (Å²) in [7, 11) is 0. The van der Waals surface area contributed by atoms with Gasteiger partial charge in [-0.15, -0.1) is 0 Å². The van der Waals surface area contributed by atoms with E-state index in [1.54, 1.807) is 0 Å². The van der Waals surface area contributed by atoms with Gasteiger partial charge in [0.1, 0.15) is 5.75 Å². The molecular formula is C12H18O2. The molecule has 0 saturated carbocycles. The molecule has 2 heteroatoms. The summed E-state index contributed by atoms with van der Waals surface area (Å²) < 4.78 is 5.44. The summed E-state index contributed by atoms with van der Waals surface area (Å²) in [4.78, 5) is 0. The number of benzene rings is 1. The van der Waals surface area contributed by atoms with Crippen LogP contribution in [0, 0.1) is 0 Å². The molecule has 0 aliphatic rings. The Morgan fingerprint density at radius 3 is 2.36 bits per heavy atom. The lowest BCUT2D eigenvalue weighted by Gasteiger charge is -2.09. The van der Waals surface area contributed by atoms with E-state index in [4.69, 9.17) is 4.74 Å². The standard InChI is InChI=1S/C12H18O2/c1-3-9-14-11-7-5-10(6-8-11)12(13)4-2/h5-8,12-13H,3-4,9H2,1-2H3. The van der Waals surface area contributed by atoms with Crippen LogP contribution in [-0.2, 0) is 0 Å². The van der Waals surface area contributed by atoms with Crippen LogP contribution in [0.15, 0.2) is 24.3 Å². The molecule has 0 radical (unpaired) electrons. The Morgan fingerprint density at radius 2 is 1.86 bits per heavy atom. The highest BCUT2D eigenvalue weighted by atomic mass is 16.5. The van der Waals surface area contributed by atoms with E-state index in [2.05, 4.69) is 6.92 Å². The average Bonchev–Trinajstić information content (AvgIpc) is 2.26. The van der Waals surface area contributed by atoms with Crippen LogP contribution < -0.4 is 4.74 Å². The molecule has 0 aliphatic carbocycles. The third-order valence-corrected chi connectivity index (χ3v) is 2.12. The number of aliphatic hydroxyl groups excluding tert-OH is 1. The van der Waals surface area contributed by atoms with Crippen molar-refractivity contribution in [3.05, 3.63) is 29.8 Å². The Bertz CT molecular complexity index is 254. The topological polar surface area (TPSA) is 29.5 Å². The van der Waals surface area contributed by atoms with Crippen LogP contribution in [-0.4, -0.2) is 11.7 Å². The third kappa shape index (κ3) is 3.04. The second-order valence-electron chi connectivity index (χ2n) is 3.34. The average molecular weight is 194 g/mol. The van der Waals surface area contributed by atoms with Crippen LogP contribution in [0.2, 0.25) is 0 Å². The monoisotopic (exact) mass is 194 g/mol. The predicted octanol–water partition coefficient (Wildman–Crippen LogP) is 2.92. The summed E-state index contributed by atoms with van der Waals surface area (Å²) in [5.41, 5.74) is 0.955. The summed E-state index contributed by atoms with van der Waals surface area (Å²) in [5, 5.41) is 9.56. The first-order valence-corrected chi connectivity index (χ1v) is 5.18. The molecular weight excluding hydrogens is 176 g/mol. The van der Waals surface area contributed by atoms with Gasteiger partial charge in [0.15, 0.2) is 0 Å². The molecule has 1 aromatic carbocycles. The first-order valence-electron chi connectivity index (χ1n) is 5.18. The summed E-state index contributed by atoms with van der Waals surface area (Å²) in [5.74, 6) is 0.874. The normalized spacial score (nSPS) is 12.5. The van der Waals surface area contributed by atoms with Crippen molar-refractivity contribution in [2.75, 3.05) is 6.61 Å². The van der Waals surface area contributed by atoms with Gasteiger partial charge in [-0.2, -0.15) is 0 Å². The Kier molecular flexibility index (Phi) is 4.47. The van der Waals surface area contributed by atoms with Gasteiger partial charge in [0, 0.05) is 0 Å². The highest BCUT2D eigenvalue weighted by Crippen LogP contribution is 2.19. The van der Waals surface area contributed by atoms with Crippen molar-refractivity contribution in [3.8, 4) is 5.75 Å². The maximum atomic E-state index is 9.56. The van der Waals surface area contributed by atoms with Gasteiger partial charge in [-0.05, 0) is 30.5 Å². The Labute approximate surface area is 85.5 Å². The maximum Gasteiger partial charge on any atom is 0.119 e. The van der Waals surface area contributed by atoms with Crippen molar-refractivity contribution in [2.24, 2.45) is 0 Å². The highest BCUT2D eigenvalue weighted by Gasteiger charge is 2.03. The minimum Gasteiger partial charge on any atom is -0.494 e. The zero-order valence-electron chi connectivity index (χ0n) is 8.86. The van der Waals surface area contributed by atoms with E-state index in [0.29, 0.717) is 0 Å². The smallest absolute Gasteiger partial charge is 0.119 e. The van der Waals surface area contributed by atoms with Crippen molar-refractivity contribution < 1.29 is 9.84 Å². The number of rotatable bonds is 5. The Hall–Kier alpha value is -1.02. The molecule has 0 bridgehead atoms. The van der Waals surface area contributed by atoms with Crippen LogP contribution in [0.4, 0.5) is 0 Å². The fourth-order valence-electron chi connectivity index (χ4n) is 1.24. The van der Waals surface area contributed by atoms with Crippen molar-refractivity contribution in [1.29, 1.82) is 0 Å². The van der Waals surface area contributed by atoms with Crippen LogP contribution in [0.25, 0.3) is 0 Å². The third-order valence-electron chi connectivity index (χ3n) is 2.12. The largest absolute Gasteiger partial charge is 0.494 e. The number of aliphatic hydroxyl groups is 1. The Balaban J connectivity index is 2.59. The van der Waals surface area contributed by atoms with Gasteiger partial charge in [-0.1, -0.05) is 26.0 Å². The molecule has 1 atom stereocenters. The fourth-order valence-corrected chi connectivity index (χ4v) is 1.24. The minimum atomic E-state index is -0.352. The van der Waals surface area contributed by atoms with Gasteiger partial charge in [-0.3, -0.25) is 0 Å². The molecule has 0 fully saturated rings. The molecule has 0 saturated heterocycles. The summed E-state index contributed by atoms with van der Waals surface area (Å²) >= 11 is 0. The van der Waals surface area contributed by atoms with E-state index in [1.807, 2.05) is 31.2 Å². The minimum absolute atomic E-state index is 0.352. The van der Waals surface area contributed by atoms with Crippen molar-refractivity contribution >= 4 is 0 Å². The number of hydrogen-bond donors (Lipinski definition) is 1. The molecule has 0 heterocycles. The molecule has 0 spiro atoms. The molecule has 2 nitrogen and oxygen atoms in total. The molecule has 1 N–H and O–H groups in total. The van der Waals surface area contributed by atoms with Crippen LogP contribution in [0.1, 0.15) is 38.4 Å². The van der Waals surface area contributed by atoms with E-state index in [0.717, 1.165) is 30.8 Å². The van der Waals surface area contributed by atoms with Gasteiger partial charge in [0.05, 0.1) is 12.7 Å². The molecule has 78 valence electrons. The summed E-state index contributed by atoms with van der Waals surface area (Å²) in [6.45, 7) is 4.79. The van der Waals surface area contributed by atoms with Gasteiger partial charge in [0.25, 0.3) is 0 Å². The zero-order valence-corrected chi connectivity index (χ0v) is 8.86. The van der Waals surface area contributed by atoms with Crippen molar-refractivity contribution in [2.45, 2.75) is 32.8 Å². The first kappa shape index (κ1) is 11.1.